The molecular formula is C86H140F18NO37S3-3. The van der Waals surface area contributed by atoms with Crippen LogP contribution in [0, 0.1) is 43.8 Å². The first kappa shape index (κ1) is 154. The van der Waals surface area contributed by atoms with E-state index in [2.05, 4.69) is 38.0 Å². The Morgan fingerprint density at radius 2 is 0.621 bits per heavy atom. The Hall–Kier alpha value is -8.88. The third-order valence-corrected chi connectivity index (χ3v) is 22.9. The number of hydrogen-bond acceptors (Lipinski definition) is 37. The fourth-order valence-electron chi connectivity index (χ4n) is 6.92. The minimum Gasteiger partial charge on any atom is -0.743 e. The SMILES string of the molecule is CCC(C)(C)C(=O)OCC(=O)OC(CC(C)C)C(F)(F)S(=O)(=O)[O-].CCC(C)(C)C(=O)OCC(=O)OCC(F)(F)S(=O)(=O)[O-].CCC(C)(C)C(=O)OCC(C)(F)F.CCC(C)(C)C(=O)ONC(=O)OCC(F)(F)S(=O)(=O)[O-].CCC(C)(OCC(C)(F)F)OC(=O)C(C)(C)CC.CCC(C)(OCCC(F)(F)C(C)(F)F)OC(=O)C(C)(C)CC.CCC(OC(=O)C(C)(C)CC)C(F)(F)C(=O)OCC(C)(F)F.O=C=O.O=C=O. The average Bonchev–Trinajstić information content (AvgIpc) is 0.776. The van der Waals surface area contributed by atoms with Gasteiger partial charge in [-0.05, 0) is 161 Å². The molecule has 0 fully saturated rings. The number of ether oxygens (including phenoxy) is 12. The molecule has 145 heavy (non-hydrogen) atoms. The number of rotatable bonds is 49. The van der Waals surface area contributed by atoms with E-state index in [-0.39, 0.29) is 32.1 Å². The molecule has 59 heteroatoms. The fraction of sp³-hybridized carbons (Fsp3) is 0.849. The van der Waals surface area contributed by atoms with Gasteiger partial charge in [-0.3, -0.25) is 28.8 Å². The molecule has 4 atom stereocenters. The summed E-state index contributed by atoms with van der Waals surface area (Å²) in [4.78, 5) is 163. The largest absolute Gasteiger partial charge is 0.743 e. The summed E-state index contributed by atoms with van der Waals surface area (Å²) in [5, 5.41) is -14.3. The number of nitrogens with one attached hydrogen (secondary N) is 1. The number of esters is 9. The molecule has 0 saturated heterocycles. The Balaban J connectivity index is -0.000000211. The zero-order valence-electron chi connectivity index (χ0n) is 87.0. The average molecular weight is 2220 g/mol. The van der Waals surface area contributed by atoms with Crippen LogP contribution in [0.1, 0.15) is 299 Å². The van der Waals surface area contributed by atoms with Crippen molar-refractivity contribution in [1.82, 2.24) is 5.48 Å². The summed E-state index contributed by atoms with van der Waals surface area (Å²) in [7, 11) is -17.9. The summed E-state index contributed by atoms with van der Waals surface area (Å²) in [6.45, 7) is 37.9. The van der Waals surface area contributed by atoms with Gasteiger partial charge in [-0.2, -0.15) is 63.1 Å². The summed E-state index contributed by atoms with van der Waals surface area (Å²) in [6.07, 6.45) is -3.90. The first-order valence-corrected chi connectivity index (χ1v) is 47.9. The van der Waals surface area contributed by atoms with Gasteiger partial charge >= 0.3 is 112 Å². The van der Waals surface area contributed by atoms with Crippen LogP contribution in [0.15, 0.2) is 0 Å². The lowest BCUT2D eigenvalue weighted by atomic mass is 9.90. The van der Waals surface area contributed by atoms with Crippen LogP contribution in [-0.2, 0) is 159 Å². The van der Waals surface area contributed by atoms with Crippen molar-refractivity contribution in [3.8, 4) is 0 Å². The highest BCUT2D eigenvalue weighted by Crippen LogP contribution is 2.40. The number of hydroxylamine groups is 1. The molecule has 858 valence electrons. The molecule has 1 amide bonds. The van der Waals surface area contributed by atoms with E-state index in [1.54, 1.807) is 111 Å². The summed E-state index contributed by atoms with van der Waals surface area (Å²) in [5.41, 5.74) is -4.30. The van der Waals surface area contributed by atoms with Gasteiger partial charge in [0, 0.05) is 60.8 Å². The van der Waals surface area contributed by atoms with Crippen LogP contribution in [0.3, 0.4) is 0 Å². The van der Waals surface area contributed by atoms with Gasteiger partial charge in [-0.15, -0.1) is 5.48 Å². The van der Waals surface area contributed by atoms with Gasteiger partial charge < -0.3 is 75.3 Å². The molecule has 0 aromatic carbocycles. The summed E-state index contributed by atoms with van der Waals surface area (Å²) < 4.78 is 381. The molecule has 0 spiro atoms. The van der Waals surface area contributed by atoms with Crippen molar-refractivity contribution in [1.29, 1.82) is 0 Å². The van der Waals surface area contributed by atoms with E-state index < -0.39 is 281 Å². The van der Waals surface area contributed by atoms with E-state index in [9.17, 15) is 171 Å². The third kappa shape index (κ3) is 64.9. The minimum absolute atomic E-state index is 0.163. The third-order valence-electron chi connectivity index (χ3n) is 20.3. The Kier molecular flexibility index (Phi) is 67.7. The van der Waals surface area contributed by atoms with E-state index in [0.29, 0.717) is 58.3 Å². The number of carbonyl (C=O) groups is 11. The van der Waals surface area contributed by atoms with Gasteiger partial charge in [0.15, 0.2) is 82.2 Å². The monoisotopic (exact) mass is 2220 g/mol. The molecule has 0 aromatic heterocycles. The predicted molar refractivity (Wildman–Crippen MR) is 466 cm³/mol. The summed E-state index contributed by atoms with van der Waals surface area (Å²) in [6, 6.07) is 0. The molecule has 0 radical (unpaired) electrons. The van der Waals surface area contributed by atoms with E-state index in [0.717, 1.165) is 13.8 Å². The smallest absolute Gasteiger partial charge is 0.440 e. The van der Waals surface area contributed by atoms with Gasteiger partial charge in [0.25, 0.3) is 17.8 Å². The lowest BCUT2D eigenvalue weighted by Gasteiger charge is -2.33. The van der Waals surface area contributed by atoms with E-state index >= 15 is 0 Å². The van der Waals surface area contributed by atoms with Crippen molar-refractivity contribution in [3.63, 3.8) is 0 Å². The minimum atomic E-state index is -6.02. The molecule has 4 unspecified atom stereocenters. The van der Waals surface area contributed by atoms with Crippen LogP contribution < -0.4 is 5.48 Å². The molecule has 0 heterocycles. The molecule has 0 aliphatic rings. The Bertz CT molecular complexity index is 4320. The highest BCUT2D eigenvalue weighted by atomic mass is 32.2. The maximum absolute atomic E-state index is 13.9. The van der Waals surface area contributed by atoms with Gasteiger partial charge in [0.1, 0.15) is 6.61 Å². The standard InChI is InChI=1S/C15H26F4O3.C14H22F4O4.C14H24F2O7S.C13H24F2O3.C10H16F2O7S.C9H15F2NO7S.C9H16F2O2.2CO2/c1-7-12(3,4)11(20)22-13(5,8-2)21-10-9-15(18,19)14(6,16)17;1-6-9(22-10(19)12(3,4)7-2)14(17,18)11(20)21-8-13(5,15)16;1-6-13(4,5)12(18)22-8-11(17)23-10(7-9(2)3)14(15,16)24(19,20)21;1-7-11(3,4)10(16)18-13(6,8-2)17-9-12(5,14)15;1-4-9(2,3)8(14)18-5-7(13)19-6-10(11,12)20(15,16)17;1-4-8(2,3)6(13)19-12-7(14)18-5-9(10,11)20(15,16)17;1-5-8(2,3)7(12)13-6-9(4,10)11;2*2-1-3/h7-10H2,1-6H3;9H,6-8H2,1-5H3;9-10H,6-8H2,1-5H3,(H,19,20,21);7-9H2,1-6H3;4-6H2,1-3H3,(H,15,16,17);4-5H2,1-3H3,(H,12,14)(H,15,16,17);5-6H2,1-4H3;;/p-3. The van der Waals surface area contributed by atoms with Crippen molar-refractivity contribution >= 4 is 108 Å². The first-order valence-electron chi connectivity index (χ1n) is 43.7. The highest BCUT2D eigenvalue weighted by molar-refractivity contribution is 7.87. The van der Waals surface area contributed by atoms with E-state index in [4.69, 9.17) is 42.9 Å². The lowest BCUT2D eigenvalue weighted by Crippen LogP contribution is -2.47. The molecule has 0 aliphatic carbocycles. The predicted octanol–water partition coefficient (Wildman–Crippen LogP) is 17.0. The van der Waals surface area contributed by atoms with Gasteiger partial charge in [-0.25, -0.2) is 84.3 Å². The number of alkyl halides is 18. The second-order valence-corrected chi connectivity index (χ2v) is 41.5. The molecule has 0 rings (SSSR count). The first-order chi connectivity index (χ1) is 64.3. The van der Waals surface area contributed by atoms with Crippen LogP contribution in [-0.4, -0.2) is 245 Å². The van der Waals surface area contributed by atoms with Crippen molar-refractivity contribution in [2.45, 2.75) is 374 Å². The van der Waals surface area contributed by atoms with Gasteiger partial charge in [-0.1, -0.05) is 83.1 Å². The summed E-state index contributed by atoms with van der Waals surface area (Å²) in [5.74, 6) is -34.6. The molecule has 1 N–H and O–H groups in total. The molecule has 38 nitrogen and oxygen atoms in total. The zero-order valence-corrected chi connectivity index (χ0v) is 89.5. The van der Waals surface area contributed by atoms with Crippen LogP contribution in [0.5, 0.6) is 0 Å². The quantitative estimate of drug-likeness (QED) is 0.0148. The number of amides is 1. The Morgan fingerprint density at radius 3 is 0.910 bits per heavy atom. The van der Waals surface area contributed by atoms with Gasteiger partial charge in [0.2, 0.25) is 11.6 Å². The fourth-order valence-corrected chi connectivity index (χ4v) is 7.79. The maximum Gasteiger partial charge on any atom is 0.440 e. The zero-order chi connectivity index (χ0) is 118. The molecule has 0 bridgehead atoms. The second-order valence-electron chi connectivity index (χ2n) is 37.0. The number of hydrogen-bond donors (Lipinski definition) is 1. The number of halogens is 18. The topological polar surface area (TPSA) is 560 Å². The van der Waals surface area contributed by atoms with Crippen LogP contribution >= 0.6 is 0 Å². The highest BCUT2D eigenvalue weighted by Gasteiger charge is 2.55. The second kappa shape index (κ2) is 63.8. The molecule has 0 saturated carbocycles. The Morgan fingerprint density at radius 1 is 0.331 bits per heavy atom. The molecule has 0 aromatic rings. The van der Waals surface area contributed by atoms with E-state index in [1.165, 1.54) is 67.8 Å². The maximum atomic E-state index is 13.9. The lowest BCUT2D eigenvalue weighted by molar-refractivity contribution is -0.250. The van der Waals surface area contributed by atoms with Gasteiger partial charge in [0.05, 0.1) is 44.5 Å². The van der Waals surface area contributed by atoms with Crippen LogP contribution in [0.2, 0.25) is 0 Å². The van der Waals surface area contributed by atoms with E-state index in [1.807, 2.05) is 20.8 Å². The van der Waals surface area contributed by atoms with Crippen LogP contribution in [0.25, 0.3) is 0 Å². The van der Waals surface area contributed by atoms with Crippen LogP contribution in [0.4, 0.5) is 83.8 Å². The van der Waals surface area contributed by atoms with Crippen molar-refractivity contribution in [3.05, 3.63) is 0 Å². The Labute approximate surface area is 832 Å². The normalized spacial score (nSPS) is 13.8. The summed E-state index contributed by atoms with van der Waals surface area (Å²) >= 11 is 0. The molecular weight excluding hydrogens is 2080 g/mol. The van der Waals surface area contributed by atoms with Crippen molar-refractivity contribution < 1.29 is 252 Å². The number of carbonyl (C=O) groups excluding carboxylic acids is 15. The molecule has 0 aliphatic heterocycles. The van der Waals surface area contributed by atoms with Crippen molar-refractivity contribution in [2.24, 2.45) is 43.8 Å². The van der Waals surface area contributed by atoms with Crippen molar-refractivity contribution in [2.75, 3.05) is 52.9 Å².